The van der Waals surface area contributed by atoms with Gasteiger partial charge in [0.25, 0.3) is 0 Å². The molecule has 1 aromatic carbocycles. The number of morpholine rings is 1. The Bertz CT molecular complexity index is 398. The minimum absolute atomic E-state index is 0.372. The second kappa shape index (κ2) is 3.82. The summed E-state index contributed by atoms with van der Waals surface area (Å²) in [4.78, 5) is 2.30. The molecule has 3 nitrogen and oxygen atoms in total. The lowest BCUT2D eigenvalue weighted by molar-refractivity contribution is 0.0305. The molecule has 2 fully saturated rings. The van der Waals surface area contributed by atoms with Crippen LogP contribution in [0.2, 0.25) is 5.02 Å². The highest BCUT2D eigenvalue weighted by molar-refractivity contribution is 6.31. The van der Waals surface area contributed by atoms with E-state index >= 15 is 0 Å². The molecule has 1 aromatic rings. The molecule has 2 unspecified atom stereocenters. The third kappa shape index (κ3) is 1.74. The molecule has 2 heterocycles. The number of anilines is 2. The second-order valence-corrected chi connectivity index (χ2v) is 5.00. The maximum Gasteiger partial charge on any atom is 0.0755 e. The molecule has 2 aliphatic rings. The summed E-state index contributed by atoms with van der Waals surface area (Å²) in [6, 6.07) is 5.64. The van der Waals surface area contributed by atoms with Gasteiger partial charge >= 0.3 is 0 Å². The zero-order valence-electron chi connectivity index (χ0n) is 9.03. The summed E-state index contributed by atoms with van der Waals surface area (Å²) in [5.41, 5.74) is 7.84. The number of halogens is 1. The van der Waals surface area contributed by atoms with Crippen LogP contribution in [-0.2, 0) is 4.74 Å². The highest BCUT2D eigenvalue weighted by atomic mass is 35.5. The van der Waals surface area contributed by atoms with E-state index in [4.69, 9.17) is 22.1 Å². The minimum atomic E-state index is 0.372. The monoisotopic (exact) mass is 238 g/mol. The fraction of sp³-hybridized carbons (Fsp3) is 0.500. The molecule has 86 valence electrons. The number of hydrogen-bond donors (Lipinski definition) is 1. The van der Waals surface area contributed by atoms with Crippen molar-refractivity contribution in [2.75, 3.05) is 23.7 Å². The molecule has 0 amide bonds. The number of hydrogen-bond acceptors (Lipinski definition) is 3. The van der Waals surface area contributed by atoms with Crippen LogP contribution in [0.1, 0.15) is 12.8 Å². The van der Waals surface area contributed by atoms with Gasteiger partial charge in [-0.25, -0.2) is 0 Å². The van der Waals surface area contributed by atoms with Crippen LogP contribution in [0.5, 0.6) is 0 Å². The van der Waals surface area contributed by atoms with E-state index in [1.807, 2.05) is 18.2 Å². The number of nitrogen functional groups attached to an aromatic ring is 1. The Labute approximate surface area is 100 Å². The Morgan fingerprint density at radius 2 is 1.94 bits per heavy atom. The van der Waals surface area contributed by atoms with Crippen molar-refractivity contribution in [2.45, 2.75) is 25.0 Å². The molecule has 16 heavy (non-hydrogen) atoms. The van der Waals surface area contributed by atoms with Crippen molar-refractivity contribution in [3.05, 3.63) is 23.2 Å². The van der Waals surface area contributed by atoms with Crippen molar-refractivity contribution in [3.8, 4) is 0 Å². The van der Waals surface area contributed by atoms with Gasteiger partial charge < -0.3 is 15.4 Å². The smallest absolute Gasteiger partial charge is 0.0755 e. The average Bonchev–Trinajstić information content (AvgIpc) is 2.61. The number of nitrogens with two attached hydrogens (primary N) is 1. The van der Waals surface area contributed by atoms with E-state index in [0.717, 1.165) is 29.5 Å². The van der Waals surface area contributed by atoms with Crippen LogP contribution < -0.4 is 10.6 Å². The number of nitrogens with zero attached hydrogens (tertiary/aromatic N) is 1. The molecular formula is C12H15ClN2O. The lowest BCUT2D eigenvalue weighted by Crippen LogP contribution is -2.42. The molecule has 2 saturated heterocycles. The van der Waals surface area contributed by atoms with Gasteiger partial charge in [-0.05, 0) is 31.0 Å². The van der Waals surface area contributed by atoms with Crippen molar-refractivity contribution >= 4 is 23.0 Å². The first-order valence-electron chi connectivity index (χ1n) is 5.68. The SMILES string of the molecule is Nc1ccc(Cl)cc1N1CC2CCC(C1)O2. The Morgan fingerprint density at radius 3 is 2.62 bits per heavy atom. The minimum Gasteiger partial charge on any atom is -0.397 e. The first-order chi connectivity index (χ1) is 7.72. The predicted octanol–water partition coefficient (Wildman–Crippen LogP) is 2.29. The zero-order valence-corrected chi connectivity index (χ0v) is 9.78. The van der Waals surface area contributed by atoms with Gasteiger partial charge in [0.2, 0.25) is 0 Å². The molecule has 3 rings (SSSR count). The van der Waals surface area contributed by atoms with Crippen molar-refractivity contribution in [3.63, 3.8) is 0 Å². The van der Waals surface area contributed by atoms with Gasteiger partial charge in [-0.3, -0.25) is 0 Å². The molecular weight excluding hydrogens is 224 g/mol. The number of benzene rings is 1. The van der Waals surface area contributed by atoms with E-state index in [2.05, 4.69) is 4.90 Å². The topological polar surface area (TPSA) is 38.5 Å². The van der Waals surface area contributed by atoms with Crippen molar-refractivity contribution < 1.29 is 4.74 Å². The van der Waals surface area contributed by atoms with E-state index in [9.17, 15) is 0 Å². The van der Waals surface area contributed by atoms with Crippen molar-refractivity contribution in [1.29, 1.82) is 0 Å². The summed E-state index contributed by atoms with van der Waals surface area (Å²) in [5.74, 6) is 0. The molecule has 2 bridgehead atoms. The summed E-state index contributed by atoms with van der Waals surface area (Å²) in [6.07, 6.45) is 3.08. The van der Waals surface area contributed by atoms with Crippen LogP contribution in [-0.4, -0.2) is 25.3 Å². The molecule has 0 aromatic heterocycles. The van der Waals surface area contributed by atoms with Crippen LogP contribution >= 0.6 is 11.6 Å². The maximum absolute atomic E-state index is 6.01. The molecule has 0 radical (unpaired) electrons. The lowest BCUT2D eigenvalue weighted by Gasteiger charge is -2.34. The van der Waals surface area contributed by atoms with Crippen molar-refractivity contribution in [2.24, 2.45) is 0 Å². The van der Waals surface area contributed by atoms with Crippen LogP contribution in [0, 0.1) is 0 Å². The largest absolute Gasteiger partial charge is 0.397 e. The number of fused-ring (bicyclic) bond motifs is 2. The van der Waals surface area contributed by atoms with E-state index in [-0.39, 0.29) is 0 Å². The Morgan fingerprint density at radius 1 is 1.25 bits per heavy atom. The van der Waals surface area contributed by atoms with Gasteiger partial charge in [0.15, 0.2) is 0 Å². The number of rotatable bonds is 1. The van der Waals surface area contributed by atoms with Crippen LogP contribution in [0.3, 0.4) is 0 Å². The quantitative estimate of drug-likeness (QED) is 0.763. The standard InChI is InChI=1S/C12H15ClN2O/c13-8-1-4-11(14)12(5-8)15-6-9-2-3-10(7-15)16-9/h1,4-5,9-10H,2-3,6-7,14H2. The van der Waals surface area contributed by atoms with Gasteiger partial charge in [-0.2, -0.15) is 0 Å². The van der Waals surface area contributed by atoms with E-state index in [0.29, 0.717) is 12.2 Å². The van der Waals surface area contributed by atoms with E-state index < -0.39 is 0 Å². The molecule has 0 spiro atoms. The van der Waals surface area contributed by atoms with Gasteiger partial charge in [0.05, 0.1) is 23.6 Å². The molecule has 4 heteroatoms. The maximum atomic E-state index is 6.01. The molecule has 2 N–H and O–H groups in total. The van der Waals surface area contributed by atoms with Gasteiger partial charge in [0, 0.05) is 18.1 Å². The fourth-order valence-electron chi connectivity index (χ4n) is 2.60. The van der Waals surface area contributed by atoms with Crippen LogP contribution in [0.15, 0.2) is 18.2 Å². The van der Waals surface area contributed by atoms with Gasteiger partial charge in [-0.15, -0.1) is 0 Å². The average molecular weight is 239 g/mol. The molecule has 0 aliphatic carbocycles. The first kappa shape index (κ1) is 10.2. The highest BCUT2D eigenvalue weighted by Gasteiger charge is 2.34. The molecule has 2 aliphatic heterocycles. The van der Waals surface area contributed by atoms with E-state index in [1.165, 1.54) is 12.8 Å². The summed E-state index contributed by atoms with van der Waals surface area (Å²) < 4.78 is 5.80. The molecule has 2 atom stereocenters. The predicted molar refractivity (Wildman–Crippen MR) is 66.0 cm³/mol. The van der Waals surface area contributed by atoms with Crippen LogP contribution in [0.4, 0.5) is 11.4 Å². The Hall–Kier alpha value is -0.930. The summed E-state index contributed by atoms with van der Waals surface area (Å²) in [7, 11) is 0. The van der Waals surface area contributed by atoms with E-state index in [1.54, 1.807) is 0 Å². The van der Waals surface area contributed by atoms with Crippen molar-refractivity contribution in [1.82, 2.24) is 0 Å². The fourth-order valence-corrected chi connectivity index (χ4v) is 2.77. The Balaban J connectivity index is 1.89. The lowest BCUT2D eigenvalue weighted by atomic mass is 10.2. The highest BCUT2D eigenvalue weighted by Crippen LogP contribution is 2.33. The summed E-state index contributed by atoms with van der Waals surface area (Å²) in [6.45, 7) is 1.86. The summed E-state index contributed by atoms with van der Waals surface area (Å²) >= 11 is 6.01. The number of ether oxygens (including phenoxy) is 1. The normalized spacial score (nSPS) is 28.4. The van der Waals surface area contributed by atoms with Crippen LogP contribution in [0.25, 0.3) is 0 Å². The molecule has 0 saturated carbocycles. The zero-order chi connectivity index (χ0) is 11.1. The van der Waals surface area contributed by atoms with Gasteiger partial charge in [0.1, 0.15) is 0 Å². The third-order valence-corrected chi connectivity index (χ3v) is 3.61. The summed E-state index contributed by atoms with van der Waals surface area (Å²) in [5, 5.41) is 0.739. The second-order valence-electron chi connectivity index (χ2n) is 4.57. The Kier molecular flexibility index (Phi) is 2.45. The third-order valence-electron chi connectivity index (χ3n) is 3.38. The first-order valence-corrected chi connectivity index (χ1v) is 6.05. The van der Waals surface area contributed by atoms with Gasteiger partial charge in [-0.1, -0.05) is 11.6 Å².